The smallest absolute Gasteiger partial charge is 0.390 e. The Morgan fingerprint density at radius 2 is 1.50 bits per heavy atom. The molecule has 2 aromatic rings. The molecule has 164 valence electrons. The van der Waals surface area contributed by atoms with Crippen LogP contribution in [0.3, 0.4) is 0 Å². The van der Waals surface area contributed by atoms with Crippen LogP contribution in [-0.4, -0.2) is 72.2 Å². The first-order chi connectivity index (χ1) is 14.3. The summed E-state index contributed by atoms with van der Waals surface area (Å²) in [7, 11) is 2.01. The fourth-order valence-corrected chi connectivity index (χ4v) is 3.86. The molecule has 0 aromatic heterocycles. The number of benzene rings is 2. The molecule has 0 bridgehead atoms. The Labute approximate surface area is 176 Å². The number of nitrogens with zero attached hydrogens (tertiary/aromatic N) is 3. The van der Waals surface area contributed by atoms with Crippen molar-refractivity contribution < 1.29 is 18.3 Å². The van der Waals surface area contributed by atoms with Gasteiger partial charge in [-0.15, -0.1) is 0 Å². The van der Waals surface area contributed by atoms with Crippen molar-refractivity contribution in [1.29, 1.82) is 0 Å². The summed E-state index contributed by atoms with van der Waals surface area (Å²) in [6, 6.07) is 15.6. The topological polar surface area (TPSA) is 30.0 Å². The lowest BCUT2D eigenvalue weighted by Gasteiger charge is -2.36. The van der Waals surface area contributed by atoms with Crippen LogP contribution in [-0.2, 0) is 19.3 Å². The zero-order chi connectivity index (χ0) is 21.6. The fourth-order valence-electron chi connectivity index (χ4n) is 3.86. The van der Waals surface area contributed by atoms with Gasteiger partial charge in [-0.05, 0) is 30.3 Å². The lowest BCUT2D eigenvalue weighted by molar-refractivity contribution is -0.137. The second-order valence-electron chi connectivity index (χ2n) is 8.11. The van der Waals surface area contributed by atoms with Crippen LogP contribution >= 0.6 is 0 Å². The predicted octanol–water partition coefficient (Wildman–Crippen LogP) is 3.32. The third-order valence-corrected chi connectivity index (χ3v) is 5.44. The van der Waals surface area contributed by atoms with E-state index in [0.29, 0.717) is 19.6 Å². The Morgan fingerprint density at radius 1 is 0.900 bits per heavy atom. The van der Waals surface area contributed by atoms with Crippen molar-refractivity contribution in [3.63, 3.8) is 0 Å². The molecule has 1 aliphatic rings. The number of likely N-dealkylation sites (N-methyl/N-ethyl adjacent to an activating group) is 1. The van der Waals surface area contributed by atoms with E-state index in [9.17, 15) is 18.3 Å². The molecular formula is C23H30F3N3O. The van der Waals surface area contributed by atoms with Gasteiger partial charge >= 0.3 is 6.18 Å². The lowest BCUT2D eigenvalue weighted by atomic mass is 10.1. The minimum absolute atomic E-state index is 0.417. The molecule has 2 aromatic carbocycles. The highest BCUT2D eigenvalue weighted by atomic mass is 19.4. The molecule has 0 radical (unpaired) electrons. The molecule has 30 heavy (non-hydrogen) atoms. The predicted molar refractivity (Wildman–Crippen MR) is 112 cm³/mol. The minimum Gasteiger partial charge on any atom is -0.390 e. The standard InChI is InChI=1S/C23H30F3N3O/c1-27(15-19-5-3-2-4-6-19)17-22(30)18-29-13-11-28(12-14-29)16-20-7-9-21(10-8-20)23(24,25)26/h2-10,22,30H,11-18H2,1H3. The van der Waals surface area contributed by atoms with Crippen LogP contribution in [0.4, 0.5) is 13.2 Å². The van der Waals surface area contributed by atoms with Gasteiger partial charge in [0.15, 0.2) is 0 Å². The van der Waals surface area contributed by atoms with Gasteiger partial charge in [0.2, 0.25) is 0 Å². The first-order valence-electron chi connectivity index (χ1n) is 10.3. The van der Waals surface area contributed by atoms with E-state index in [2.05, 4.69) is 26.8 Å². The van der Waals surface area contributed by atoms with E-state index >= 15 is 0 Å². The minimum atomic E-state index is -4.29. The van der Waals surface area contributed by atoms with Gasteiger partial charge in [0.05, 0.1) is 11.7 Å². The summed E-state index contributed by atoms with van der Waals surface area (Å²) in [5.41, 5.74) is 1.50. The van der Waals surface area contributed by atoms with Crippen LogP contribution in [0.15, 0.2) is 54.6 Å². The first-order valence-corrected chi connectivity index (χ1v) is 10.3. The van der Waals surface area contributed by atoms with Crippen LogP contribution in [0.2, 0.25) is 0 Å². The Bertz CT molecular complexity index is 760. The number of alkyl halides is 3. The third-order valence-electron chi connectivity index (χ3n) is 5.44. The van der Waals surface area contributed by atoms with Gasteiger partial charge in [0.1, 0.15) is 0 Å². The van der Waals surface area contributed by atoms with Crippen LogP contribution in [0.5, 0.6) is 0 Å². The maximum Gasteiger partial charge on any atom is 0.416 e. The molecule has 0 saturated carbocycles. The van der Waals surface area contributed by atoms with Crippen LogP contribution in [0.25, 0.3) is 0 Å². The van der Waals surface area contributed by atoms with Crippen molar-refractivity contribution >= 4 is 0 Å². The molecule has 4 nitrogen and oxygen atoms in total. The number of rotatable bonds is 8. The SMILES string of the molecule is CN(Cc1ccccc1)CC(O)CN1CCN(Cc2ccc(C(F)(F)F)cc2)CC1. The van der Waals surface area contributed by atoms with Gasteiger partial charge in [-0.1, -0.05) is 42.5 Å². The quantitative estimate of drug-likeness (QED) is 0.708. The maximum absolute atomic E-state index is 12.7. The second-order valence-corrected chi connectivity index (χ2v) is 8.11. The molecule has 1 unspecified atom stereocenters. The highest BCUT2D eigenvalue weighted by Gasteiger charge is 2.30. The summed E-state index contributed by atoms with van der Waals surface area (Å²) in [6.07, 6.45) is -4.71. The third kappa shape index (κ3) is 7.09. The zero-order valence-corrected chi connectivity index (χ0v) is 17.4. The Hall–Kier alpha value is -1.93. The monoisotopic (exact) mass is 421 g/mol. The Morgan fingerprint density at radius 3 is 2.10 bits per heavy atom. The zero-order valence-electron chi connectivity index (χ0n) is 17.4. The molecule has 7 heteroatoms. The summed E-state index contributed by atoms with van der Waals surface area (Å²) in [4.78, 5) is 6.62. The molecule has 0 aliphatic carbocycles. The van der Waals surface area contributed by atoms with E-state index in [1.54, 1.807) is 12.1 Å². The molecule has 1 atom stereocenters. The van der Waals surface area contributed by atoms with Crippen molar-refractivity contribution in [2.45, 2.75) is 25.4 Å². The van der Waals surface area contributed by atoms with Crippen molar-refractivity contribution in [1.82, 2.24) is 14.7 Å². The molecular weight excluding hydrogens is 391 g/mol. The summed E-state index contributed by atoms with van der Waals surface area (Å²) >= 11 is 0. The largest absolute Gasteiger partial charge is 0.416 e. The molecule has 1 saturated heterocycles. The van der Waals surface area contributed by atoms with E-state index in [0.717, 1.165) is 50.4 Å². The average molecular weight is 422 g/mol. The van der Waals surface area contributed by atoms with Crippen LogP contribution < -0.4 is 0 Å². The van der Waals surface area contributed by atoms with Gasteiger partial charge in [0.25, 0.3) is 0 Å². The molecule has 3 rings (SSSR count). The number of halogens is 3. The maximum atomic E-state index is 12.7. The highest BCUT2D eigenvalue weighted by molar-refractivity contribution is 5.24. The number of piperazine rings is 1. The van der Waals surface area contributed by atoms with Crippen molar-refractivity contribution in [3.05, 3.63) is 71.3 Å². The molecule has 1 N–H and O–H groups in total. The molecule has 0 spiro atoms. The summed E-state index contributed by atoms with van der Waals surface area (Å²) in [5, 5.41) is 10.5. The number of aliphatic hydroxyl groups is 1. The summed E-state index contributed by atoms with van der Waals surface area (Å²) < 4.78 is 38.0. The number of hydrogen-bond donors (Lipinski definition) is 1. The van der Waals surface area contributed by atoms with Crippen LogP contribution in [0.1, 0.15) is 16.7 Å². The normalized spacial score (nSPS) is 17.4. The molecule has 1 fully saturated rings. The summed E-state index contributed by atoms with van der Waals surface area (Å²) in [6.45, 7) is 6.07. The van der Waals surface area contributed by atoms with Crippen molar-refractivity contribution in [3.8, 4) is 0 Å². The highest BCUT2D eigenvalue weighted by Crippen LogP contribution is 2.29. The Balaban J connectivity index is 1.37. The lowest BCUT2D eigenvalue weighted by Crippen LogP contribution is -2.49. The van der Waals surface area contributed by atoms with Gasteiger partial charge in [-0.25, -0.2) is 0 Å². The van der Waals surface area contributed by atoms with E-state index in [1.807, 2.05) is 25.2 Å². The van der Waals surface area contributed by atoms with Gasteiger partial charge < -0.3 is 5.11 Å². The fraction of sp³-hybridized carbons (Fsp3) is 0.478. The first kappa shape index (κ1) is 22.7. The number of β-amino-alcohol motifs (C(OH)–C–C–N with tert-alkyl or cyclic N) is 1. The molecule has 0 amide bonds. The van der Waals surface area contributed by atoms with Crippen molar-refractivity contribution in [2.24, 2.45) is 0 Å². The second kappa shape index (κ2) is 10.4. The van der Waals surface area contributed by atoms with Gasteiger partial charge in [-0.3, -0.25) is 14.7 Å². The van der Waals surface area contributed by atoms with Gasteiger partial charge in [0, 0.05) is 52.4 Å². The Kier molecular flexibility index (Phi) is 7.88. The number of hydrogen-bond acceptors (Lipinski definition) is 4. The molecule has 1 heterocycles. The summed E-state index contributed by atoms with van der Waals surface area (Å²) in [5.74, 6) is 0. The average Bonchev–Trinajstić information content (AvgIpc) is 2.70. The van der Waals surface area contributed by atoms with Crippen molar-refractivity contribution in [2.75, 3.05) is 46.3 Å². The molecule has 1 aliphatic heterocycles. The van der Waals surface area contributed by atoms with E-state index < -0.39 is 17.8 Å². The van der Waals surface area contributed by atoms with E-state index in [-0.39, 0.29) is 0 Å². The van der Waals surface area contributed by atoms with Gasteiger partial charge in [-0.2, -0.15) is 13.2 Å². The number of aliphatic hydroxyl groups excluding tert-OH is 1. The van der Waals surface area contributed by atoms with Crippen LogP contribution in [0, 0.1) is 0 Å². The van der Waals surface area contributed by atoms with E-state index in [1.165, 1.54) is 5.56 Å². The van der Waals surface area contributed by atoms with E-state index in [4.69, 9.17) is 0 Å².